The summed E-state index contributed by atoms with van der Waals surface area (Å²) in [5.41, 5.74) is 5.71. The third-order valence-corrected chi connectivity index (χ3v) is 5.93. The average Bonchev–Trinajstić information content (AvgIpc) is 3.37. The SMILES string of the molecule is CCOc1ccc([C@@H]2c3[nH]c4ccccc4c3CCN2C(=O)Cc2nonc2C)cc1. The van der Waals surface area contributed by atoms with Gasteiger partial charge in [0.1, 0.15) is 17.1 Å². The molecule has 0 saturated heterocycles. The maximum atomic E-state index is 13.4. The molecule has 1 aliphatic rings. The Balaban J connectivity index is 1.57. The van der Waals surface area contributed by atoms with Gasteiger partial charge in [0.05, 0.1) is 19.1 Å². The molecule has 2 aromatic heterocycles. The Bertz CT molecular complexity index is 1230. The van der Waals surface area contributed by atoms with Gasteiger partial charge in [0.2, 0.25) is 5.91 Å². The summed E-state index contributed by atoms with van der Waals surface area (Å²) in [5.74, 6) is 0.822. The van der Waals surface area contributed by atoms with Crippen LogP contribution in [-0.4, -0.2) is 39.3 Å². The number of aryl methyl sites for hydroxylation is 1. The number of carbonyl (C=O) groups excluding carboxylic acids is 1. The van der Waals surface area contributed by atoms with Gasteiger partial charge in [0.25, 0.3) is 0 Å². The summed E-state index contributed by atoms with van der Waals surface area (Å²) in [7, 11) is 0. The zero-order chi connectivity index (χ0) is 21.4. The number of nitrogens with zero attached hydrogens (tertiary/aromatic N) is 3. The van der Waals surface area contributed by atoms with Gasteiger partial charge in [-0.25, -0.2) is 4.63 Å². The Kier molecular flexibility index (Phi) is 4.94. The number of rotatable bonds is 5. The lowest BCUT2D eigenvalue weighted by molar-refractivity contribution is -0.132. The monoisotopic (exact) mass is 416 g/mol. The number of amides is 1. The average molecular weight is 416 g/mol. The van der Waals surface area contributed by atoms with Crippen molar-refractivity contribution in [1.82, 2.24) is 20.2 Å². The zero-order valence-corrected chi connectivity index (χ0v) is 17.6. The van der Waals surface area contributed by atoms with E-state index in [2.05, 4.69) is 33.5 Å². The van der Waals surface area contributed by atoms with Crippen molar-refractivity contribution in [3.63, 3.8) is 0 Å². The van der Waals surface area contributed by atoms with E-state index in [1.807, 2.05) is 42.2 Å². The topological polar surface area (TPSA) is 84.2 Å². The summed E-state index contributed by atoms with van der Waals surface area (Å²) < 4.78 is 10.4. The van der Waals surface area contributed by atoms with Gasteiger partial charge in [-0.1, -0.05) is 40.6 Å². The van der Waals surface area contributed by atoms with Crippen LogP contribution in [0, 0.1) is 6.92 Å². The van der Waals surface area contributed by atoms with Crippen molar-refractivity contribution in [3.8, 4) is 5.75 Å². The second-order valence-electron chi connectivity index (χ2n) is 7.78. The quantitative estimate of drug-likeness (QED) is 0.532. The van der Waals surface area contributed by atoms with Crippen molar-refractivity contribution < 1.29 is 14.2 Å². The minimum atomic E-state index is -0.209. The lowest BCUT2D eigenvalue weighted by atomic mass is 9.92. The number of H-pyrrole nitrogens is 1. The highest BCUT2D eigenvalue weighted by Crippen LogP contribution is 2.39. The molecule has 0 unspecified atom stereocenters. The molecule has 2 aromatic carbocycles. The Labute approximate surface area is 180 Å². The lowest BCUT2D eigenvalue weighted by Crippen LogP contribution is -2.41. The molecule has 1 N–H and O–H groups in total. The minimum Gasteiger partial charge on any atom is -0.494 e. The van der Waals surface area contributed by atoms with Gasteiger partial charge in [-0.05, 0) is 49.6 Å². The smallest absolute Gasteiger partial charge is 0.229 e. The number of hydrogen-bond acceptors (Lipinski definition) is 5. The fraction of sp³-hybridized carbons (Fsp3) is 0.292. The Hall–Kier alpha value is -3.61. The highest BCUT2D eigenvalue weighted by atomic mass is 16.6. The van der Waals surface area contributed by atoms with Crippen LogP contribution in [0.3, 0.4) is 0 Å². The van der Waals surface area contributed by atoms with Gasteiger partial charge in [0, 0.05) is 23.1 Å². The molecular weight excluding hydrogens is 392 g/mol. The first-order valence-electron chi connectivity index (χ1n) is 10.6. The van der Waals surface area contributed by atoms with E-state index in [-0.39, 0.29) is 18.4 Å². The Morgan fingerprint density at radius 2 is 2.00 bits per heavy atom. The largest absolute Gasteiger partial charge is 0.494 e. The molecule has 0 saturated carbocycles. The van der Waals surface area contributed by atoms with E-state index in [4.69, 9.17) is 9.37 Å². The van der Waals surface area contributed by atoms with Crippen molar-refractivity contribution in [2.45, 2.75) is 32.7 Å². The molecule has 0 spiro atoms. The van der Waals surface area contributed by atoms with Crippen molar-refractivity contribution in [1.29, 1.82) is 0 Å². The molecule has 0 radical (unpaired) electrons. The third kappa shape index (κ3) is 3.46. The first-order chi connectivity index (χ1) is 15.2. The number of fused-ring (bicyclic) bond motifs is 3. The van der Waals surface area contributed by atoms with Crippen molar-refractivity contribution in [2.75, 3.05) is 13.2 Å². The van der Waals surface area contributed by atoms with Crippen LogP contribution in [0.15, 0.2) is 53.2 Å². The first-order valence-corrected chi connectivity index (χ1v) is 10.6. The molecule has 0 aliphatic carbocycles. The summed E-state index contributed by atoms with van der Waals surface area (Å²) in [5, 5.41) is 8.93. The summed E-state index contributed by atoms with van der Waals surface area (Å²) in [6, 6.07) is 16.1. The fourth-order valence-electron chi connectivity index (χ4n) is 4.42. The Morgan fingerprint density at radius 3 is 2.74 bits per heavy atom. The number of hydrogen-bond donors (Lipinski definition) is 1. The van der Waals surface area contributed by atoms with E-state index in [9.17, 15) is 4.79 Å². The molecule has 3 heterocycles. The number of carbonyl (C=O) groups is 1. The van der Waals surface area contributed by atoms with E-state index in [1.165, 1.54) is 10.9 Å². The normalized spacial score (nSPS) is 15.8. The molecule has 158 valence electrons. The molecule has 1 atom stereocenters. The van der Waals surface area contributed by atoms with Crippen LogP contribution in [0.1, 0.15) is 41.2 Å². The van der Waals surface area contributed by atoms with E-state index in [0.717, 1.165) is 28.9 Å². The van der Waals surface area contributed by atoms with Crippen LogP contribution >= 0.6 is 0 Å². The summed E-state index contributed by atoms with van der Waals surface area (Å²) >= 11 is 0. The van der Waals surface area contributed by atoms with Crippen LogP contribution in [0.2, 0.25) is 0 Å². The maximum absolute atomic E-state index is 13.4. The van der Waals surface area contributed by atoms with Gasteiger partial charge in [-0.15, -0.1) is 0 Å². The summed E-state index contributed by atoms with van der Waals surface area (Å²) in [6.45, 7) is 5.02. The van der Waals surface area contributed by atoms with Gasteiger partial charge < -0.3 is 14.6 Å². The molecule has 5 rings (SSSR count). The predicted octanol–water partition coefficient (Wildman–Crippen LogP) is 3.97. The summed E-state index contributed by atoms with van der Waals surface area (Å²) in [4.78, 5) is 18.9. The number of nitrogens with one attached hydrogen (secondary N) is 1. The predicted molar refractivity (Wildman–Crippen MR) is 116 cm³/mol. The van der Waals surface area contributed by atoms with Gasteiger partial charge in [-0.3, -0.25) is 4.79 Å². The van der Waals surface area contributed by atoms with Crippen LogP contribution in [0.5, 0.6) is 5.75 Å². The van der Waals surface area contributed by atoms with E-state index in [1.54, 1.807) is 6.92 Å². The number of aromatic nitrogens is 3. The molecule has 0 fully saturated rings. The van der Waals surface area contributed by atoms with Gasteiger partial charge >= 0.3 is 0 Å². The van der Waals surface area contributed by atoms with E-state index < -0.39 is 0 Å². The second kappa shape index (κ2) is 7.91. The molecule has 4 aromatic rings. The number of aromatic amines is 1. The minimum absolute atomic E-state index is 0.00184. The molecule has 1 amide bonds. The molecular formula is C24H24N4O3. The Morgan fingerprint density at radius 1 is 1.19 bits per heavy atom. The fourth-order valence-corrected chi connectivity index (χ4v) is 4.42. The van der Waals surface area contributed by atoms with Crippen molar-refractivity contribution in [2.24, 2.45) is 0 Å². The molecule has 7 heteroatoms. The van der Waals surface area contributed by atoms with Crippen molar-refractivity contribution in [3.05, 3.63) is 76.7 Å². The number of benzene rings is 2. The summed E-state index contributed by atoms with van der Waals surface area (Å²) in [6.07, 6.45) is 0.965. The maximum Gasteiger partial charge on any atom is 0.229 e. The highest BCUT2D eigenvalue weighted by Gasteiger charge is 2.35. The van der Waals surface area contributed by atoms with Gasteiger partial charge in [0.15, 0.2) is 0 Å². The lowest BCUT2D eigenvalue weighted by Gasteiger charge is -2.36. The molecule has 31 heavy (non-hydrogen) atoms. The first kappa shape index (κ1) is 19.4. The molecule has 7 nitrogen and oxygen atoms in total. The zero-order valence-electron chi connectivity index (χ0n) is 17.6. The number of para-hydroxylation sites is 1. The third-order valence-electron chi connectivity index (χ3n) is 5.93. The molecule has 1 aliphatic heterocycles. The van der Waals surface area contributed by atoms with Crippen LogP contribution < -0.4 is 4.74 Å². The van der Waals surface area contributed by atoms with Gasteiger partial charge in [-0.2, -0.15) is 0 Å². The van der Waals surface area contributed by atoms with Crippen LogP contribution in [-0.2, 0) is 17.6 Å². The van der Waals surface area contributed by atoms with Crippen LogP contribution in [0.4, 0.5) is 0 Å². The highest BCUT2D eigenvalue weighted by molar-refractivity contribution is 5.87. The van der Waals surface area contributed by atoms with Crippen molar-refractivity contribution >= 4 is 16.8 Å². The van der Waals surface area contributed by atoms with E-state index in [0.29, 0.717) is 24.5 Å². The van der Waals surface area contributed by atoms with E-state index >= 15 is 0 Å². The molecule has 0 bridgehead atoms. The standard InChI is InChI=1S/C24H24N4O3/c1-3-30-17-10-8-16(9-11-17)24-23-19(18-6-4-5-7-20(18)25-23)12-13-28(24)22(29)14-21-15(2)26-31-27-21/h4-11,24-25H,3,12-14H2,1-2H3/t24-/m1/s1. The second-order valence-corrected chi connectivity index (χ2v) is 7.78. The number of ether oxygens (including phenoxy) is 1. The van der Waals surface area contributed by atoms with Crippen LogP contribution in [0.25, 0.3) is 10.9 Å².